The predicted molar refractivity (Wildman–Crippen MR) is 171 cm³/mol. The number of hydrogen-bond acceptors (Lipinski definition) is 3. The first-order chi connectivity index (χ1) is 21.5. The highest BCUT2D eigenvalue weighted by Gasteiger charge is 2.45. The second-order valence-corrected chi connectivity index (χ2v) is 11.8. The average molecular weight is 578 g/mol. The number of halogens is 1. The SMILES string of the molecule is O=C(NC1(C(=O)F)Cc2ccc3ccccc3c2-c2c(ccc3ccccc23)C1)OCC1c2ccccc2-c2ccccc21. The Morgan fingerprint density at radius 3 is 1.66 bits per heavy atom. The van der Waals surface area contributed by atoms with E-state index in [4.69, 9.17) is 4.74 Å². The first-order valence-corrected chi connectivity index (χ1v) is 14.9. The van der Waals surface area contributed by atoms with Crippen molar-refractivity contribution in [3.63, 3.8) is 0 Å². The van der Waals surface area contributed by atoms with Crippen LogP contribution < -0.4 is 5.32 Å². The van der Waals surface area contributed by atoms with E-state index in [0.717, 1.165) is 66.1 Å². The van der Waals surface area contributed by atoms with Gasteiger partial charge >= 0.3 is 12.1 Å². The smallest absolute Gasteiger partial charge is 0.408 e. The molecule has 0 fully saturated rings. The molecule has 44 heavy (non-hydrogen) atoms. The number of benzene rings is 6. The van der Waals surface area contributed by atoms with Gasteiger partial charge in [-0.25, -0.2) is 4.79 Å². The molecule has 0 saturated carbocycles. The van der Waals surface area contributed by atoms with Crippen molar-refractivity contribution in [2.75, 3.05) is 6.61 Å². The number of amides is 1. The Kier molecular flexibility index (Phi) is 6.09. The summed E-state index contributed by atoms with van der Waals surface area (Å²) in [4.78, 5) is 26.5. The fourth-order valence-corrected chi connectivity index (χ4v) is 7.34. The van der Waals surface area contributed by atoms with Gasteiger partial charge in [-0.1, -0.05) is 121 Å². The topological polar surface area (TPSA) is 55.4 Å². The van der Waals surface area contributed by atoms with Crippen LogP contribution in [0.15, 0.2) is 121 Å². The lowest BCUT2D eigenvalue weighted by atomic mass is 9.86. The first-order valence-electron chi connectivity index (χ1n) is 14.9. The van der Waals surface area contributed by atoms with E-state index in [1.807, 2.05) is 97.1 Å². The van der Waals surface area contributed by atoms with Crippen molar-refractivity contribution in [3.05, 3.63) is 144 Å². The minimum atomic E-state index is -1.83. The summed E-state index contributed by atoms with van der Waals surface area (Å²) in [5.74, 6) is -0.154. The van der Waals surface area contributed by atoms with Gasteiger partial charge in [0.1, 0.15) is 12.1 Å². The van der Waals surface area contributed by atoms with E-state index in [1.54, 1.807) is 0 Å². The fourth-order valence-electron chi connectivity index (χ4n) is 7.34. The maximum atomic E-state index is 15.4. The number of hydrogen-bond donors (Lipinski definition) is 1. The molecule has 0 atom stereocenters. The Hall–Kier alpha value is -5.29. The standard InChI is InChI=1S/C39H28FNO3/c40-37(42)39(41-38(43)44-23-34-32-15-7-5-13-30(32)31-14-6-8-16-33(31)34)21-26-19-17-24-9-1-3-11-28(24)35(26)36-27(22-39)20-18-25-10-2-4-12-29(25)36/h1-20,34H,21-23H2,(H,41,43). The normalized spacial score (nSPS) is 14.7. The third-order valence-electron chi connectivity index (χ3n) is 9.33. The van der Waals surface area contributed by atoms with Gasteiger partial charge < -0.3 is 10.1 Å². The molecule has 8 rings (SSSR count). The summed E-state index contributed by atoms with van der Waals surface area (Å²) in [6.45, 7) is 0.0683. The van der Waals surface area contributed by atoms with Crippen molar-refractivity contribution in [3.8, 4) is 22.3 Å². The lowest BCUT2D eigenvalue weighted by Gasteiger charge is -2.29. The summed E-state index contributed by atoms with van der Waals surface area (Å²) >= 11 is 0. The van der Waals surface area contributed by atoms with Crippen molar-refractivity contribution < 1.29 is 18.7 Å². The van der Waals surface area contributed by atoms with Gasteiger partial charge in [-0.2, -0.15) is 4.39 Å². The van der Waals surface area contributed by atoms with Gasteiger partial charge in [-0.3, -0.25) is 4.79 Å². The molecule has 6 aromatic rings. The molecule has 0 radical (unpaired) electrons. The van der Waals surface area contributed by atoms with E-state index in [9.17, 15) is 9.59 Å². The third-order valence-corrected chi connectivity index (χ3v) is 9.33. The molecule has 1 N–H and O–H groups in total. The second-order valence-electron chi connectivity index (χ2n) is 11.8. The maximum absolute atomic E-state index is 15.4. The molecule has 2 aliphatic rings. The number of nitrogens with one attached hydrogen (secondary N) is 1. The lowest BCUT2D eigenvalue weighted by molar-refractivity contribution is -0.136. The minimum Gasteiger partial charge on any atom is -0.449 e. The van der Waals surface area contributed by atoms with Crippen LogP contribution in [0, 0.1) is 0 Å². The van der Waals surface area contributed by atoms with E-state index in [2.05, 4.69) is 29.6 Å². The van der Waals surface area contributed by atoms with Crippen molar-refractivity contribution >= 4 is 33.7 Å². The molecule has 0 aliphatic heterocycles. The number of carbonyl (C=O) groups excluding carboxylic acids is 2. The number of rotatable bonds is 4. The number of ether oxygens (including phenoxy) is 1. The largest absolute Gasteiger partial charge is 0.449 e. The Labute approximate surface area is 254 Å². The Bertz CT molecular complexity index is 2000. The molecule has 4 nitrogen and oxygen atoms in total. The Morgan fingerprint density at radius 2 is 1.14 bits per heavy atom. The number of alkyl carbamates (subject to hydrolysis) is 1. The van der Waals surface area contributed by atoms with Crippen molar-refractivity contribution in [1.82, 2.24) is 5.32 Å². The predicted octanol–water partition coefficient (Wildman–Crippen LogP) is 8.53. The molecule has 5 heteroatoms. The van der Waals surface area contributed by atoms with E-state index >= 15 is 4.39 Å². The lowest BCUT2D eigenvalue weighted by Crippen LogP contribution is -2.56. The molecule has 0 spiro atoms. The number of carbonyl (C=O) groups is 2. The molecule has 214 valence electrons. The first kappa shape index (κ1) is 26.3. The van der Waals surface area contributed by atoms with Crippen molar-refractivity contribution in [2.24, 2.45) is 0 Å². The molecule has 0 unspecified atom stereocenters. The molecule has 0 saturated heterocycles. The van der Waals surface area contributed by atoms with Crippen LogP contribution in [0.1, 0.15) is 28.2 Å². The van der Waals surface area contributed by atoms with Gasteiger partial charge in [0.2, 0.25) is 0 Å². The van der Waals surface area contributed by atoms with Gasteiger partial charge in [0, 0.05) is 18.8 Å². The van der Waals surface area contributed by atoms with Crippen LogP contribution in [0.2, 0.25) is 0 Å². The van der Waals surface area contributed by atoms with Gasteiger partial charge in [0.25, 0.3) is 0 Å². The molecule has 6 aromatic carbocycles. The third kappa shape index (κ3) is 4.11. The molecular weight excluding hydrogens is 549 g/mol. The van der Waals surface area contributed by atoms with Crippen LogP contribution in [-0.2, 0) is 22.4 Å². The average Bonchev–Trinajstić information content (AvgIpc) is 3.28. The molecule has 0 heterocycles. The van der Waals surface area contributed by atoms with E-state index < -0.39 is 17.7 Å². The summed E-state index contributed by atoms with van der Waals surface area (Å²) < 4.78 is 21.2. The summed E-state index contributed by atoms with van der Waals surface area (Å²) in [6, 6.07) is 38.6. The van der Waals surface area contributed by atoms with Crippen LogP contribution in [0.3, 0.4) is 0 Å². The van der Waals surface area contributed by atoms with Gasteiger partial charge in [0.15, 0.2) is 0 Å². The van der Waals surface area contributed by atoms with Crippen LogP contribution in [0.5, 0.6) is 0 Å². The molecule has 0 aromatic heterocycles. The highest BCUT2D eigenvalue weighted by molar-refractivity contribution is 6.08. The zero-order valence-corrected chi connectivity index (χ0v) is 23.8. The van der Waals surface area contributed by atoms with Crippen LogP contribution in [-0.4, -0.2) is 24.3 Å². The minimum absolute atomic E-state index is 0.00426. The van der Waals surface area contributed by atoms with Gasteiger partial charge in [0.05, 0.1) is 0 Å². The van der Waals surface area contributed by atoms with Crippen LogP contribution >= 0.6 is 0 Å². The molecule has 0 bridgehead atoms. The van der Waals surface area contributed by atoms with Gasteiger partial charge in [-0.15, -0.1) is 0 Å². The van der Waals surface area contributed by atoms with Crippen molar-refractivity contribution in [1.29, 1.82) is 0 Å². The summed E-state index contributed by atoms with van der Waals surface area (Å²) in [5, 5.41) is 6.87. The highest BCUT2D eigenvalue weighted by Crippen LogP contribution is 2.46. The Morgan fingerprint density at radius 1 is 0.659 bits per heavy atom. The quantitative estimate of drug-likeness (QED) is 0.214. The van der Waals surface area contributed by atoms with Crippen LogP contribution in [0.25, 0.3) is 43.8 Å². The van der Waals surface area contributed by atoms with Gasteiger partial charge in [-0.05, 0) is 66.1 Å². The summed E-state index contributed by atoms with van der Waals surface area (Å²) in [6.07, 6.45) is -0.824. The summed E-state index contributed by atoms with van der Waals surface area (Å²) in [7, 11) is 0. The zero-order valence-electron chi connectivity index (χ0n) is 23.8. The molecule has 1 amide bonds. The zero-order chi connectivity index (χ0) is 29.8. The maximum Gasteiger partial charge on any atom is 0.408 e. The van der Waals surface area contributed by atoms with E-state index in [0.29, 0.717) is 0 Å². The molecular formula is C39H28FNO3. The summed E-state index contributed by atoms with van der Waals surface area (Å²) in [5.41, 5.74) is 6.08. The van der Waals surface area contributed by atoms with E-state index in [1.165, 1.54) is 0 Å². The number of fused-ring (bicyclic) bond motifs is 10. The van der Waals surface area contributed by atoms with Crippen LogP contribution in [0.4, 0.5) is 9.18 Å². The molecule has 2 aliphatic carbocycles. The van der Waals surface area contributed by atoms with Crippen molar-refractivity contribution in [2.45, 2.75) is 24.3 Å². The second kappa shape index (κ2) is 10.2. The fraction of sp³-hybridized carbons (Fsp3) is 0.128. The monoisotopic (exact) mass is 577 g/mol. The Balaban J connectivity index is 1.18. The van der Waals surface area contributed by atoms with E-state index in [-0.39, 0.29) is 25.4 Å². The highest BCUT2D eigenvalue weighted by atomic mass is 19.1.